The molecule has 1 amide bonds. The number of carbonyl (C=O) groups excluding carboxylic acids is 1. The number of amides is 1. The molecule has 0 bridgehead atoms. The summed E-state index contributed by atoms with van der Waals surface area (Å²) in [6.45, 7) is 7.75. The van der Waals surface area contributed by atoms with E-state index in [2.05, 4.69) is 5.32 Å². The van der Waals surface area contributed by atoms with E-state index in [1.165, 1.54) is 0 Å². The van der Waals surface area contributed by atoms with Crippen LogP contribution in [0.4, 0.5) is 10.5 Å². The zero-order valence-corrected chi connectivity index (χ0v) is 13.6. The Bertz CT molecular complexity index is 458. The number of rotatable bonds is 8. The lowest BCUT2D eigenvalue weighted by molar-refractivity contribution is 0.0356. The smallest absolute Gasteiger partial charge is 0.407 e. The number of hydrogen-bond donors (Lipinski definition) is 2. The fourth-order valence-corrected chi connectivity index (χ4v) is 1.63. The molecule has 0 unspecified atom stereocenters. The highest BCUT2D eigenvalue weighted by molar-refractivity contribution is 5.67. The van der Waals surface area contributed by atoms with E-state index in [0.29, 0.717) is 33.0 Å². The van der Waals surface area contributed by atoms with Gasteiger partial charge < -0.3 is 25.3 Å². The first-order chi connectivity index (χ1) is 10.4. The van der Waals surface area contributed by atoms with Crippen molar-refractivity contribution in [2.45, 2.75) is 33.0 Å². The molecule has 0 aromatic heterocycles. The molecule has 0 atom stereocenters. The Morgan fingerprint density at radius 3 is 2.59 bits per heavy atom. The molecule has 0 spiro atoms. The molecule has 6 heteroatoms. The van der Waals surface area contributed by atoms with Crippen LogP contribution in [0.25, 0.3) is 0 Å². The molecule has 124 valence electrons. The van der Waals surface area contributed by atoms with Gasteiger partial charge in [-0.3, -0.25) is 0 Å². The van der Waals surface area contributed by atoms with Crippen LogP contribution in [0.2, 0.25) is 0 Å². The van der Waals surface area contributed by atoms with Gasteiger partial charge in [-0.25, -0.2) is 4.79 Å². The van der Waals surface area contributed by atoms with Crippen molar-refractivity contribution in [1.82, 2.24) is 5.32 Å². The molecular weight excluding hydrogens is 284 g/mol. The normalized spacial score (nSPS) is 11.2. The van der Waals surface area contributed by atoms with Crippen molar-refractivity contribution < 1.29 is 19.0 Å². The van der Waals surface area contributed by atoms with Gasteiger partial charge in [0.15, 0.2) is 0 Å². The lowest BCUT2D eigenvalue weighted by atomic mass is 10.2. The second kappa shape index (κ2) is 9.27. The van der Waals surface area contributed by atoms with Gasteiger partial charge in [-0.1, -0.05) is 12.1 Å². The number of anilines is 1. The summed E-state index contributed by atoms with van der Waals surface area (Å²) in [5.74, 6) is 0. The van der Waals surface area contributed by atoms with Gasteiger partial charge in [0, 0.05) is 12.2 Å². The van der Waals surface area contributed by atoms with E-state index in [-0.39, 0.29) is 0 Å². The second-order valence-corrected chi connectivity index (χ2v) is 5.84. The third kappa shape index (κ3) is 9.20. The summed E-state index contributed by atoms with van der Waals surface area (Å²) in [6, 6.07) is 7.57. The highest BCUT2D eigenvalue weighted by Gasteiger charge is 2.15. The van der Waals surface area contributed by atoms with Gasteiger partial charge >= 0.3 is 6.09 Å². The predicted molar refractivity (Wildman–Crippen MR) is 85.6 cm³/mol. The van der Waals surface area contributed by atoms with Crippen LogP contribution < -0.4 is 11.1 Å². The van der Waals surface area contributed by atoms with Crippen LogP contribution in [-0.4, -0.2) is 38.1 Å². The van der Waals surface area contributed by atoms with Crippen LogP contribution in [0, 0.1) is 0 Å². The number of benzene rings is 1. The molecule has 0 aliphatic rings. The van der Waals surface area contributed by atoms with Crippen molar-refractivity contribution in [2.75, 3.05) is 32.1 Å². The summed E-state index contributed by atoms with van der Waals surface area (Å²) in [5.41, 5.74) is 6.96. The Kier molecular flexibility index (Phi) is 7.70. The van der Waals surface area contributed by atoms with E-state index in [0.717, 1.165) is 11.3 Å². The molecule has 1 rings (SSSR count). The zero-order valence-electron chi connectivity index (χ0n) is 13.6. The molecule has 0 radical (unpaired) electrons. The van der Waals surface area contributed by atoms with Crippen LogP contribution >= 0.6 is 0 Å². The minimum atomic E-state index is -0.486. The standard InChI is InChI=1S/C16H26N2O4/c1-16(2,3)22-15(19)18-7-8-20-9-10-21-12-13-5-4-6-14(17)11-13/h4-6,11H,7-10,12,17H2,1-3H3,(H,18,19). The summed E-state index contributed by atoms with van der Waals surface area (Å²) in [6.07, 6.45) is -0.436. The molecule has 0 aliphatic heterocycles. The van der Waals surface area contributed by atoms with Crippen molar-refractivity contribution >= 4 is 11.8 Å². The molecule has 1 aromatic rings. The average molecular weight is 310 g/mol. The molecule has 22 heavy (non-hydrogen) atoms. The second-order valence-electron chi connectivity index (χ2n) is 5.84. The maximum absolute atomic E-state index is 11.4. The van der Waals surface area contributed by atoms with Crippen molar-refractivity contribution in [2.24, 2.45) is 0 Å². The fourth-order valence-electron chi connectivity index (χ4n) is 1.63. The van der Waals surface area contributed by atoms with Crippen LogP contribution in [0.15, 0.2) is 24.3 Å². The van der Waals surface area contributed by atoms with Crippen LogP contribution in [0.1, 0.15) is 26.3 Å². The van der Waals surface area contributed by atoms with E-state index in [4.69, 9.17) is 19.9 Å². The third-order valence-electron chi connectivity index (χ3n) is 2.51. The molecular formula is C16H26N2O4. The molecule has 1 aromatic carbocycles. The average Bonchev–Trinajstić information content (AvgIpc) is 2.40. The largest absolute Gasteiger partial charge is 0.444 e. The number of nitrogens with one attached hydrogen (secondary N) is 1. The Morgan fingerprint density at radius 2 is 1.91 bits per heavy atom. The highest BCUT2D eigenvalue weighted by atomic mass is 16.6. The first-order valence-electron chi connectivity index (χ1n) is 7.33. The Balaban J connectivity index is 1.97. The van der Waals surface area contributed by atoms with Gasteiger partial charge in [-0.2, -0.15) is 0 Å². The van der Waals surface area contributed by atoms with Gasteiger partial charge in [0.25, 0.3) is 0 Å². The molecule has 0 saturated carbocycles. The van der Waals surface area contributed by atoms with E-state index in [1.807, 2.05) is 45.0 Å². The van der Waals surface area contributed by atoms with Gasteiger partial charge in [0.1, 0.15) is 5.60 Å². The molecule has 3 N–H and O–H groups in total. The summed E-state index contributed by atoms with van der Waals surface area (Å²) in [4.78, 5) is 11.4. The number of nitrogen functional groups attached to an aromatic ring is 1. The van der Waals surface area contributed by atoms with Crippen LogP contribution in [-0.2, 0) is 20.8 Å². The van der Waals surface area contributed by atoms with Gasteiger partial charge in [-0.15, -0.1) is 0 Å². The number of alkyl carbamates (subject to hydrolysis) is 1. The Morgan fingerprint density at radius 1 is 1.18 bits per heavy atom. The molecule has 0 heterocycles. The van der Waals surface area contributed by atoms with E-state index in [1.54, 1.807) is 0 Å². The van der Waals surface area contributed by atoms with Crippen molar-refractivity contribution in [3.8, 4) is 0 Å². The summed E-state index contributed by atoms with van der Waals surface area (Å²) >= 11 is 0. The van der Waals surface area contributed by atoms with Gasteiger partial charge in [0.2, 0.25) is 0 Å². The number of nitrogens with two attached hydrogens (primary N) is 1. The van der Waals surface area contributed by atoms with Gasteiger partial charge in [-0.05, 0) is 38.5 Å². The number of hydrogen-bond acceptors (Lipinski definition) is 5. The lowest BCUT2D eigenvalue weighted by Gasteiger charge is -2.19. The van der Waals surface area contributed by atoms with Gasteiger partial charge in [0.05, 0.1) is 26.4 Å². The topological polar surface area (TPSA) is 82.8 Å². The van der Waals surface area contributed by atoms with E-state index >= 15 is 0 Å². The molecule has 0 aliphatic carbocycles. The summed E-state index contributed by atoms with van der Waals surface area (Å²) in [7, 11) is 0. The summed E-state index contributed by atoms with van der Waals surface area (Å²) in [5, 5.41) is 2.62. The lowest BCUT2D eigenvalue weighted by Crippen LogP contribution is -2.34. The Labute approximate surface area is 131 Å². The first-order valence-corrected chi connectivity index (χ1v) is 7.33. The fraction of sp³-hybridized carbons (Fsp3) is 0.562. The third-order valence-corrected chi connectivity index (χ3v) is 2.51. The minimum Gasteiger partial charge on any atom is -0.444 e. The SMILES string of the molecule is CC(C)(C)OC(=O)NCCOCCOCc1cccc(N)c1. The maximum Gasteiger partial charge on any atom is 0.407 e. The predicted octanol–water partition coefficient (Wildman–Crippen LogP) is 2.33. The maximum atomic E-state index is 11.4. The monoisotopic (exact) mass is 310 g/mol. The van der Waals surface area contributed by atoms with Crippen LogP contribution in [0.5, 0.6) is 0 Å². The highest BCUT2D eigenvalue weighted by Crippen LogP contribution is 2.07. The van der Waals surface area contributed by atoms with Crippen LogP contribution in [0.3, 0.4) is 0 Å². The number of carbonyl (C=O) groups is 1. The summed E-state index contributed by atoms with van der Waals surface area (Å²) < 4.78 is 15.9. The molecule has 0 fully saturated rings. The first kappa shape index (κ1) is 18.3. The van der Waals surface area contributed by atoms with E-state index < -0.39 is 11.7 Å². The van der Waals surface area contributed by atoms with Crippen molar-refractivity contribution in [1.29, 1.82) is 0 Å². The van der Waals surface area contributed by atoms with Crippen molar-refractivity contribution in [3.63, 3.8) is 0 Å². The van der Waals surface area contributed by atoms with Crippen molar-refractivity contribution in [3.05, 3.63) is 29.8 Å². The van der Waals surface area contributed by atoms with E-state index in [9.17, 15) is 4.79 Å². The minimum absolute atomic E-state index is 0.407. The molecule has 6 nitrogen and oxygen atoms in total. The zero-order chi connectivity index (χ0) is 16.4. The number of ether oxygens (including phenoxy) is 3. The Hall–Kier alpha value is -1.79. The quantitative estimate of drug-likeness (QED) is 0.569. The molecule has 0 saturated heterocycles.